The molecule has 214 valence electrons. The smallest absolute Gasteiger partial charge is 0.338 e. The molecule has 1 aliphatic rings. The van der Waals surface area contributed by atoms with Crippen molar-refractivity contribution in [1.29, 1.82) is 0 Å². The largest absolute Gasteiger partial charge is 0.416 e. The van der Waals surface area contributed by atoms with Crippen molar-refractivity contribution in [3.8, 4) is 11.4 Å². The van der Waals surface area contributed by atoms with Gasteiger partial charge in [-0.25, -0.2) is 15.0 Å². The average molecular weight is 572 g/mol. The predicted molar refractivity (Wildman–Crippen MR) is 154 cm³/mol. The Hall–Kier alpha value is -4.77. The van der Waals surface area contributed by atoms with Crippen molar-refractivity contribution in [3.63, 3.8) is 0 Å². The number of hydrogen-bond acceptors (Lipinski definition) is 6. The minimum Gasteiger partial charge on any atom is -0.338 e. The van der Waals surface area contributed by atoms with Crippen molar-refractivity contribution >= 4 is 28.6 Å². The Morgan fingerprint density at radius 1 is 0.881 bits per heavy atom. The lowest BCUT2D eigenvalue weighted by molar-refractivity contribution is -0.137. The van der Waals surface area contributed by atoms with E-state index in [9.17, 15) is 18.0 Å². The number of fused-ring (bicyclic) bond motifs is 1. The molecule has 1 N–H and O–H groups in total. The van der Waals surface area contributed by atoms with Gasteiger partial charge in [0.05, 0.1) is 18.4 Å². The number of carbonyl (C=O) groups excluding carboxylic acids is 1. The van der Waals surface area contributed by atoms with E-state index in [0.717, 1.165) is 30.9 Å². The zero-order valence-corrected chi connectivity index (χ0v) is 22.8. The number of nitrogens with zero attached hydrogens (tertiary/aromatic N) is 6. The van der Waals surface area contributed by atoms with E-state index in [4.69, 9.17) is 9.97 Å². The Morgan fingerprint density at radius 3 is 2.24 bits per heavy atom. The minimum atomic E-state index is -4.40. The first kappa shape index (κ1) is 27.4. The SMILES string of the molecule is CN1CCN(C(=O)c2ccc(-c3nc(Nc4ccccc4)c4ncn(Cc5ccc(C(F)(F)F)cc5)c4n3)cc2)CC1. The van der Waals surface area contributed by atoms with Crippen molar-refractivity contribution in [2.24, 2.45) is 0 Å². The molecule has 0 atom stereocenters. The van der Waals surface area contributed by atoms with Crippen LogP contribution in [0.4, 0.5) is 24.7 Å². The van der Waals surface area contributed by atoms with E-state index in [1.54, 1.807) is 23.0 Å². The lowest BCUT2D eigenvalue weighted by Crippen LogP contribution is -2.47. The van der Waals surface area contributed by atoms with E-state index >= 15 is 0 Å². The number of rotatable bonds is 6. The van der Waals surface area contributed by atoms with Crippen LogP contribution in [0, 0.1) is 0 Å². The topological polar surface area (TPSA) is 79.2 Å². The van der Waals surface area contributed by atoms with Crippen LogP contribution in [0.5, 0.6) is 0 Å². The highest BCUT2D eigenvalue weighted by molar-refractivity contribution is 5.95. The van der Waals surface area contributed by atoms with Crippen LogP contribution < -0.4 is 5.32 Å². The molecule has 42 heavy (non-hydrogen) atoms. The van der Waals surface area contributed by atoms with Gasteiger partial charge in [-0.2, -0.15) is 13.2 Å². The summed E-state index contributed by atoms with van der Waals surface area (Å²) in [6, 6.07) is 21.8. The monoisotopic (exact) mass is 571 g/mol. The molecule has 1 aliphatic heterocycles. The number of benzene rings is 3. The van der Waals surface area contributed by atoms with E-state index in [-0.39, 0.29) is 12.5 Å². The normalized spacial score (nSPS) is 14.3. The molecule has 1 fully saturated rings. The molecule has 0 saturated carbocycles. The van der Waals surface area contributed by atoms with Gasteiger partial charge in [-0.1, -0.05) is 42.5 Å². The van der Waals surface area contributed by atoms with Gasteiger partial charge >= 0.3 is 6.18 Å². The molecule has 0 spiro atoms. The van der Waals surface area contributed by atoms with Crippen molar-refractivity contribution in [1.82, 2.24) is 29.3 Å². The van der Waals surface area contributed by atoms with Crippen LogP contribution in [-0.4, -0.2) is 68.5 Å². The minimum absolute atomic E-state index is 0.00734. The van der Waals surface area contributed by atoms with Crippen LogP contribution in [0.1, 0.15) is 21.5 Å². The summed E-state index contributed by atoms with van der Waals surface area (Å²) >= 11 is 0. The van der Waals surface area contributed by atoms with E-state index in [1.165, 1.54) is 12.1 Å². The van der Waals surface area contributed by atoms with Crippen LogP contribution in [0.25, 0.3) is 22.6 Å². The highest BCUT2D eigenvalue weighted by Gasteiger charge is 2.30. The fourth-order valence-electron chi connectivity index (χ4n) is 4.88. The Balaban J connectivity index is 1.34. The van der Waals surface area contributed by atoms with Gasteiger partial charge in [-0.15, -0.1) is 0 Å². The fraction of sp³-hybridized carbons (Fsp3) is 0.226. The summed E-state index contributed by atoms with van der Waals surface area (Å²) in [6.45, 7) is 3.33. The summed E-state index contributed by atoms with van der Waals surface area (Å²) in [7, 11) is 2.05. The van der Waals surface area contributed by atoms with Crippen LogP contribution in [-0.2, 0) is 12.7 Å². The maximum Gasteiger partial charge on any atom is 0.416 e. The number of carbonyl (C=O) groups is 1. The van der Waals surface area contributed by atoms with Gasteiger partial charge in [0.15, 0.2) is 22.8 Å². The predicted octanol–water partition coefficient (Wildman–Crippen LogP) is 5.69. The van der Waals surface area contributed by atoms with Crippen molar-refractivity contribution < 1.29 is 18.0 Å². The Morgan fingerprint density at radius 2 is 1.57 bits per heavy atom. The number of imidazole rings is 1. The third-order valence-corrected chi connectivity index (χ3v) is 7.32. The Bertz CT molecular complexity index is 1690. The number of piperazine rings is 1. The van der Waals surface area contributed by atoms with Gasteiger partial charge in [0, 0.05) is 43.0 Å². The molecule has 1 amide bonds. The van der Waals surface area contributed by atoms with E-state index in [0.29, 0.717) is 52.6 Å². The van der Waals surface area contributed by atoms with E-state index < -0.39 is 11.7 Å². The van der Waals surface area contributed by atoms with Gasteiger partial charge in [-0.05, 0) is 49.0 Å². The molecule has 11 heteroatoms. The van der Waals surface area contributed by atoms with Gasteiger partial charge < -0.3 is 19.7 Å². The number of nitrogens with one attached hydrogen (secondary N) is 1. The maximum absolute atomic E-state index is 13.1. The molecule has 0 unspecified atom stereocenters. The molecule has 2 aromatic heterocycles. The average Bonchev–Trinajstić information content (AvgIpc) is 3.40. The highest BCUT2D eigenvalue weighted by atomic mass is 19.4. The first-order chi connectivity index (χ1) is 20.2. The molecule has 3 heterocycles. The second-order valence-corrected chi connectivity index (χ2v) is 10.3. The van der Waals surface area contributed by atoms with Crippen LogP contribution in [0.15, 0.2) is 85.2 Å². The number of anilines is 2. The van der Waals surface area contributed by atoms with Gasteiger partial charge in [-0.3, -0.25) is 4.79 Å². The number of hydrogen-bond donors (Lipinski definition) is 1. The molecule has 6 rings (SSSR count). The third kappa shape index (κ3) is 5.82. The fourth-order valence-corrected chi connectivity index (χ4v) is 4.88. The summed E-state index contributed by atoms with van der Waals surface area (Å²) in [5.74, 6) is 0.908. The van der Waals surface area contributed by atoms with Gasteiger partial charge in [0.1, 0.15) is 0 Å². The number of alkyl halides is 3. The van der Waals surface area contributed by atoms with Gasteiger partial charge in [0.25, 0.3) is 5.91 Å². The maximum atomic E-state index is 13.1. The molecule has 0 radical (unpaired) electrons. The van der Waals surface area contributed by atoms with Crippen molar-refractivity contribution in [3.05, 3.63) is 102 Å². The first-order valence-corrected chi connectivity index (χ1v) is 13.5. The van der Waals surface area contributed by atoms with Gasteiger partial charge in [0.2, 0.25) is 0 Å². The van der Waals surface area contributed by atoms with Crippen LogP contribution in [0.2, 0.25) is 0 Å². The molecule has 0 aliphatic carbocycles. The summed E-state index contributed by atoms with van der Waals surface area (Å²) in [6.07, 6.45) is -2.79. The Labute approximate surface area is 240 Å². The molecule has 0 bridgehead atoms. The summed E-state index contributed by atoms with van der Waals surface area (Å²) in [5.41, 5.74) is 3.15. The number of aromatic nitrogens is 4. The van der Waals surface area contributed by atoms with Crippen molar-refractivity contribution in [2.75, 3.05) is 38.5 Å². The number of halogens is 3. The van der Waals surface area contributed by atoms with E-state index in [1.807, 2.05) is 54.4 Å². The summed E-state index contributed by atoms with van der Waals surface area (Å²) < 4.78 is 40.9. The quantitative estimate of drug-likeness (QED) is 0.282. The molecular weight excluding hydrogens is 543 g/mol. The highest BCUT2D eigenvalue weighted by Crippen LogP contribution is 2.30. The Kier molecular flexibility index (Phi) is 7.34. The summed E-state index contributed by atoms with van der Waals surface area (Å²) in [5, 5.41) is 3.32. The standard InChI is InChI=1S/C31H28F3N7O/c1-39-15-17-40(18-16-39)30(42)23-11-9-22(10-12-23)27-37-28(36-25-5-3-2-4-6-25)26-29(38-27)41(20-35-26)19-21-7-13-24(14-8-21)31(32,33)34/h2-14,20H,15-19H2,1H3,(H,36,37,38). The van der Waals surface area contributed by atoms with Crippen molar-refractivity contribution in [2.45, 2.75) is 12.7 Å². The lowest BCUT2D eigenvalue weighted by Gasteiger charge is -2.32. The van der Waals surface area contributed by atoms with Crippen LogP contribution >= 0.6 is 0 Å². The lowest BCUT2D eigenvalue weighted by atomic mass is 10.1. The second-order valence-electron chi connectivity index (χ2n) is 10.3. The molecule has 5 aromatic rings. The third-order valence-electron chi connectivity index (χ3n) is 7.32. The molecule has 1 saturated heterocycles. The molecule has 3 aromatic carbocycles. The zero-order valence-electron chi connectivity index (χ0n) is 22.8. The molecular formula is C31H28F3N7O. The van der Waals surface area contributed by atoms with Crippen LogP contribution in [0.3, 0.4) is 0 Å². The number of para-hydroxylation sites is 1. The second kappa shape index (κ2) is 11.2. The first-order valence-electron chi connectivity index (χ1n) is 13.5. The van der Waals surface area contributed by atoms with E-state index in [2.05, 4.69) is 15.2 Å². The number of amides is 1. The summed E-state index contributed by atoms with van der Waals surface area (Å²) in [4.78, 5) is 31.2. The zero-order chi connectivity index (χ0) is 29.3. The number of likely N-dealkylation sites (N-methyl/N-ethyl adjacent to an activating group) is 1. The molecule has 8 nitrogen and oxygen atoms in total.